The van der Waals surface area contributed by atoms with E-state index in [0.717, 1.165) is 46.7 Å². The Hall–Kier alpha value is -2.90. The van der Waals surface area contributed by atoms with Crippen LogP contribution in [0.15, 0.2) is 18.2 Å². The van der Waals surface area contributed by atoms with E-state index in [1.165, 1.54) is 0 Å². The molecule has 0 fully saturated rings. The predicted molar refractivity (Wildman–Crippen MR) is 87.0 cm³/mol. The van der Waals surface area contributed by atoms with Gasteiger partial charge in [-0.1, -0.05) is 0 Å². The lowest BCUT2D eigenvalue weighted by atomic mass is 9.99. The van der Waals surface area contributed by atoms with Gasteiger partial charge in [-0.2, -0.15) is 0 Å². The van der Waals surface area contributed by atoms with Crippen molar-refractivity contribution >= 4 is 11.7 Å². The molecule has 2 aliphatic rings. The second kappa shape index (κ2) is 6.44. The molecule has 0 atom stereocenters. The third-order valence-electron chi connectivity index (χ3n) is 4.47. The fourth-order valence-electron chi connectivity index (χ4n) is 3.23. The SMILES string of the molecule is O=C(NCc1c2c(cc3c1OCC3)OCC2)Nc1ccc(F)c(F)c1F. The molecule has 2 aliphatic heterocycles. The minimum absolute atomic E-state index is 0.145. The highest BCUT2D eigenvalue weighted by Gasteiger charge is 2.26. The molecule has 2 amide bonds. The first-order valence-electron chi connectivity index (χ1n) is 8.16. The van der Waals surface area contributed by atoms with Gasteiger partial charge in [0.05, 0.1) is 18.9 Å². The zero-order chi connectivity index (χ0) is 18.3. The van der Waals surface area contributed by atoms with Gasteiger partial charge in [0.2, 0.25) is 0 Å². The predicted octanol–water partition coefficient (Wildman–Crippen LogP) is 3.30. The van der Waals surface area contributed by atoms with Crippen molar-refractivity contribution in [2.24, 2.45) is 0 Å². The zero-order valence-corrected chi connectivity index (χ0v) is 13.6. The van der Waals surface area contributed by atoms with Crippen molar-refractivity contribution in [3.8, 4) is 11.5 Å². The maximum Gasteiger partial charge on any atom is 0.319 e. The Morgan fingerprint density at radius 1 is 1.08 bits per heavy atom. The summed E-state index contributed by atoms with van der Waals surface area (Å²) in [6.45, 7) is 1.28. The van der Waals surface area contributed by atoms with Crippen LogP contribution in [0.25, 0.3) is 0 Å². The molecule has 26 heavy (non-hydrogen) atoms. The van der Waals surface area contributed by atoms with Gasteiger partial charge in [-0.3, -0.25) is 0 Å². The van der Waals surface area contributed by atoms with E-state index >= 15 is 0 Å². The summed E-state index contributed by atoms with van der Waals surface area (Å²) < 4.78 is 51.1. The number of anilines is 1. The van der Waals surface area contributed by atoms with Gasteiger partial charge in [0.1, 0.15) is 11.5 Å². The molecule has 2 heterocycles. The summed E-state index contributed by atoms with van der Waals surface area (Å²) in [5.74, 6) is -2.86. The van der Waals surface area contributed by atoms with Crippen LogP contribution in [-0.2, 0) is 19.4 Å². The second-order valence-electron chi connectivity index (χ2n) is 6.05. The smallest absolute Gasteiger partial charge is 0.319 e. The molecule has 0 aromatic heterocycles. The molecule has 4 rings (SSSR count). The molecule has 0 saturated carbocycles. The van der Waals surface area contributed by atoms with E-state index in [-0.39, 0.29) is 6.54 Å². The first-order chi connectivity index (χ1) is 12.5. The van der Waals surface area contributed by atoms with Crippen molar-refractivity contribution in [2.75, 3.05) is 18.5 Å². The van der Waals surface area contributed by atoms with Crippen LogP contribution in [0, 0.1) is 17.5 Å². The van der Waals surface area contributed by atoms with Crippen molar-refractivity contribution in [3.63, 3.8) is 0 Å². The van der Waals surface area contributed by atoms with E-state index in [9.17, 15) is 18.0 Å². The minimum atomic E-state index is -1.63. The number of carbonyl (C=O) groups is 1. The summed E-state index contributed by atoms with van der Waals surface area (Å²) in [5.41, 5.74) is 2.39. The van der Waals surface area contributed by atoms with E-state index in [4.69, 9.17) is 9.47 Å². The van der Waals surface area contributed by atoms with Crippen LogP contribution in [0.3, 0.4) is 0 Å². The molecule has 5 nitrogen and oxygen atoms in total. The number of amides is 2. The van der Waals surface area contributed by atoms with Crippen LogP contribution in [-0.4, -0.2) is 19.2 Å². The lowest BCUT2D eigenvalue weighted by Crippen LogP contribution is -2.29. The Kier molecular flexibility index (Phi) is 4.10. The average molecular weight is 364 g/mol. The van der Waals surface area contributed by atoms with Crippen LogP contribution >= 0.6 is 0 Å². The highest BCUT2D eigenvalue weighted by Crippen LogP contribution is 2.40. The molecule has 0 radical (unpaired) electrons. The molecule has 2 aromatic carbocycles. The van der Waals surface area contributed by atoms with Gasteiger partial charge in [0, 0.05) is 36.1 Å². The quantitative estimate of drug-likeness (QED) is 0.822. The van der Waals surface area contributed by atoms with Gasteiger partial charge in [-0.05, 0) is 18.2 Å². The van der Waals surface area contributed by atoms with Gasteiger partial charge in [0.25, 0.3) is 0 Å². The normalized spacial score (nSPS) is 14.3. The average Bonchev–Trinajstić information content (AvgIpc) is 3.28. The minimum Gasteiger partial charge on any atom is -0.493 e. The number of nitrogens with one attached hydrogen (secondary N) is 2. The van der Waals surface area contributed by atoms with Crippen LogP contribution in [0.5, 0.6) is 11.5 Å². The maximum absolute atomic E-state index is 13.7. The standard InChI is InChI=1S/C18H15F3N2O3/c19-12-1-2-13(16(21)15(12)20)23-18(24)22-8-11-10-4-6-25-14(10)7-9-3-5-26-17(9)11/h1-2,7H,3-6,8H2,(H2,22,23,24). The lowest BCUT2D eigenvalue weighted by molar-refractivity contribution is 0.251. The number of rotatable bonds is 3. The van der Waals surface area contributed by atoms with Gasteiger partial charge in [-0.25, -0.2) is 18.0 Å². The number of halogens is 3. The highest BCUT2D eigenvalue weighted by molar-refractivity contribution is 5.89. The van der Waals surface area contributed by atoms with Gasteiger partial charge < -0.3 is 20.1 Å². The highest BCUT2D eigenvalue weighted by atomic mass is 19.2. The molecular weight excluding hydrogens is 349 g/mol. The molecule has 2 N–H and O–H groups in total. The zero-order valence-electron chi connectivity index (χ0n) is 13.6. The van der Waals surface area contributed by atoms with Crippen LogP contribution in [0.4, 0.5) is 23.7 Å². The molecule has 0 bridgehead atoms. The van der Waals surface area contributed by atoms with Gasteiger partial charge >= 0.3 is 6.03 Å². The Morgan fingerprint density at radius 2 is 1.88 bits per heavy atom. The number of benzene rings is 2. The summed E-state index contributed by atoms with van der Waals surface area (Å²) >= 11 is 0. The molecule has 0 unspecified atom stereocenters. The Morgan fingerprint density at radius 3 is 2.73 bits per heavy atom. The first-order valence-corrected chi connectivity index (χ1v) is 8.16. The molecule has 0 spiro atoms. The largest absolute Gasteiger partial charge is 0.493 e. The molecular formula is C18H15F3N2O3. The number of hydrogen-bond acceptors (Lipinski definition) is 3. The topological polar surface area (TPSA) is 59.6 Å². The van der Waals surface area contributed by atoms with Crippen molar-refractivity contribution in [1.29, 1.82) is 0 Å². The fourth-order valence-corrected chi connectivity index (χ4v) is 3.23. The summed E-state index contributed by atoms with van der Waals surface area (Å²) in [6, 6.07) is 2.93. The van der Waals surface area contributed by atoms with Gasteiger partial charge in [0.15, 0.2) is 17.5 Å². The number of urea groups is 1. The van der Waals surface area contributed by atoms with Crippen LogP contribution in [0.2, 0.25) is 0 Å². The number of hydrogen-bond donors (Lipinski definition) is 2. The molecule has 0 saturated heterocycles. The second-order valence-corrected chi connectivity index (χ2v) is 6.05. The summed E-state index contributed by atoms with van der Waals surface area (Å²) in [5, 5.41) is 4.78. The molecule has 8 heteroatoms. The Labute approximate surface area is 147 Å². The van der Waals surface area contributed by atoms with Gasteiger partial charge in [-0.15, -0.1) is 0 Å². The summed E-state index contributed by atoms with van der Waals surface area (Å²) in [7, 11) is 0. The summed E-state index contributed by atoms with van der Waals surface area (Å²) in [4.78, 5) is 12.1. The van der Waals surface area contributed by atoms with E-state index in [2.05, 4.69) is 10.6 Å². The number of fused-ring (bicyclic) bond motifs is 2. The van der Waals surface area contributed by atoms with Crippen molar-refractivity contribution in [2.45, 2.75) is 19.4 Å². The van der Waals surface area contributed by atoms with Crippen molar-refractivity contribution in [1.82, 2.24) is 5.32 Å². The monoisotopic (exact) mass is 364 g/mol. The van der Waals surface area contributed by atoms with Crippen molar-refractivity contribution < 1.29 is 27.4 Å². The number of carbonyl (C=O) groups excluding carboxylic acids is 1. The number of ether oxygens (including phenoxy) is 2. The van der Waals surface area contributed by atoms with E-state index < -0.39 is 29.2 Å². The third-order valence-corrected chi connectivity index (χ3v) is 4.47. The maximum atomic E-state index is 13.7. The van der Waals surface area contributed by atoms with Crippen molar-refractivity contribution in [3.05, 3.63) is 52.3 Å². The fraction of sp³-hybridized carbons (Fsp3) is 0.278. The first kappa shape index (κ1) is 16.6. The summed E-state index contributed by atoms with van der Waals surface area (Å²) in [6.07, 6.45) is 1.48. The lowest BCUT2D eigenvalue weighted by Gasteiger charge is -2.14. The molecule has 136 valence electrons. The van der Waals surface area contributed by atoms with E-state index in [1.807, 2.05) is 6.07 Å². The van der Waals surface area contributed by atoms with Crippen LogP contribution in [0.1, 0.15) is 16.7 Å². The van der Waals surface area contributed by atoms with E-state index in [0.29, 0.717) is 19.6 Å². The van der Waals surface area contributed by atoms with E-state index in [1.54, 1.807) is 0 Å². The Bertz CT molecular complexity index is 870. The third kappa shape index (κ3) is 2.81. The Balaban J connectivity index is 1.50. The van der Waals surface area contributed by atoms with Crippen LogP contribution < -0.4 is 20.1 Å². The molecule has 2 aromatic rings. The molecule has 0 aliphatic carbocycles.